The second kappa shape index (κ2) is 14.3. The van der Waals surface area contributed by atoms with Crippen LogP contribution in [0.3, 0.4) is 0 Å². The average Bonchev–Trinajstić information content (AvgIpc) is 3.69. The lowest BCUT2D eigenvalue weighted by molar-refractivity contribution is -0.123. The first-order valence-corrected chi connectivity index (χ1v) is 14.1. The van der Waals surface area contributed by atoms with Crippen molar-refractivity contribution in [3.05, 3.63) is 89.8 Å². The predicted molar refractivity (Wildman–Crippen MR) is 155 cm³/mol. The second-order valence-electron chi connectivity index (χ2n) is 10.1. The molecular formula is C30H36N8O4. The van der Waals surface area contributed by atoms with Gasteiger partial charge in [0.2, 0.25) is 5.91 Å². The van der Waals surface area contributed by atoms with Crippen LogP contribution in [0, 0.1) is 0 Å². The molecule has 2 bridgehead atoms. The zero-order valence-electron chi connectivity index (χ0n) is 23.7. The van der Waals surface area contributed by atoms with Gasteiger partial charge in [0.1, 0.15) is 11.9 Å². The molecule has 0 saturated carbocycles. The maximum atomic E-state index is 13.6. The minimum Gasteiger partial charge on any atom is -0.493 e. The molecule has 220 valence electrons. The summed E-state index contributed by atoms with van der Waals surface area (Å²) in [6.07, 6.45) is 7.14. The largest absolute Gasteiger partial charge is 0.493 e. The molecule has 0 spiro atoms. The number of amides is 2. The number of rotatable bonds is 5. The topological polar surface area (TPSA) is 139 Å². The van der Waals surface area contributed by atoms with Crippen LogP contribution in [0.4, 0.5) is 0 Å². The summed E-state index contributed by atoms with van der Waals surface area (Å²) in [5.74, 6) is 0.931. The number of hydrogen-bond acceptors (Lipinski definition) is 8. The van der Waals surface area contributed by atoms with Crippen LogP contribution in [-0.2, 0) is 30.7 Å². The van der Waals surface area contributed by atoms with Crippen LogP contribution in [0.25, 0.3) is 0 Å². The predicted octanol–water partition coefficient (Wildman–Crippen LogP) is 1.99. The molecule has 1 aliphatic heterocycles. The van der Waals surface area contributed by atoms with Crippen LogP contribution in [0.2, 0.25) is 0 Å². The van der Waals surface area contributed by atoms with Crippen LogP contribution in [0.1, 0.15) is 33.9 Å². The highest BCUT2D eigenvalue weighted by molar-refractivity contribution is 6.00. The Labute approximate surface area is 244 Å². The van der Waals surface area contributed by atoms with Gasteiger partial charge >= 0.3 is 0 Å². The molecule has 0 saturated heterocycles. The number of aryl methyl sites for hydroxylation is 1. The molecule has 1 atom stereocenters. The van der Waals surface area contributed by atoms with Gasteiger partial charge in [-0.15, -0.1) is 5.10 Å². The van der Waals surface area contributed by atoms with Gasteiger partial charge in [0.15, 0.2) is 11.5 Å². The third kappa shape index (κ3) is 7.72. The van der Waals surface area contributed by atoms with E-state index >= 15 is 0 Å². The highest BCUT2D eigenvalue weighted by atomic mass is 16.5. The Morgan fingerprint density at radius 1 is 1.07 bits per heavy atom. The molecule has 3 N–H and O–H groups in total. The lowest BCUT2D eigenvalue weighted by Crippen LogP contribution is -2.49. The molecule has 0 aliphatic carbocycles. The number of H-pyrrole nitrogens is 1. The average molecular weight is 573 g/mol. The van der Waals surface area contributed by atoms with E-state index in [1.807, 2.05) is 36.5 Å². The van der Waals surface area contributed by atoms with Crippen LogP contribution in [0.5, 0.6) is 11.5 Å². The molecule has 0 unspecified atom stereocenters. The van der Waals surface area contributed by atoms with Crippen molar-refractivity contribution in [3.8, 4) is 11.5 Å². The van der Waals surface area contributed by atoms with E-state index in [9.17, 15) is 9.59 Å². The Bertz CT molecular complexity index is 1440. The van der Waals surface area contributed by atoms with Crippen LogP contribution >= 0.6 is 0 Å². The van der Waals surface area contributed by atoms with Gasteiger partial charge in [-0.05, 0) is 17.7 Å². The van der Waals surface area contributed by atoms with Crippen LogP contribution < -0.4 is 20.1 Å². The molecule has 4 aromatic rings. The fraction of sp³-hybridized carbons (Fsp3) is 0.367. The Kier molecular flexibility index (Phi) is 9.78. The molecule has 3 heterocycles. The normalized spacial score (nSPS) is 17.5. The molecule has 12 heteroatoms. The highest BCUT2D eigenvalue weighted by Crippen LogP contribution is 2.31. The van der Waals surface area contributed by atoms with E-state index in [0.29, 0.717) is 75.7 Å². The van der Waals surface area contributed by atoms with Gasteiger partial charge < -0.3 is 25.1 Å². The third-order valence-corrected chi connectivity index (χ3v) is 7.05. The number of aromatic amines is 1. The van der Waals surface area contributed by atoms with Gasteiger partial charge in [-0.2, -0.15) is 0 Å². The van der Waals surface area contributed by atoms with Crippen molar-refractivity contribution in [3.63, 3.8) is 0 Å². The monoisotopic (exact) mass is 572 g/mol. The van der Waals surface area contributed by atoms with E-state index in [4.69, 9.17) is 9.47 Å². The quantitative estimate of drug-likeness (QED) is 0.330. The summed E-state index contributed by atoms with van der Waals surface area (Å²) in [4.78, 5) is 36.8. The molecule has 0 fully saturated rings. The Morgan fingerprint density at radius 3 is 2.76 bits per heavy atom. The molecule has 42 heavy (non-hydrogen) atoms. The number of nitrogens with zero attached hydrogens (tertiary/aromatic N) is 5. The smallest absolute Gasteiger partial charge is 0.255 e. The molecular weight excluding hydrogens is 536 g/mol. The van der Waals surface area contributed by atoms with E-state index < -0.39 is 11.9 Å². The van der Waals surface area contributed by atoms with Gasteiger partial charge in [0.25, 0.3) is 5.91 Å². The van der Waals surface area contributed by atoms with Crippen molar-refractivity contribution in [1.82, 2.24) is 40.5 Å². The lowest BCUT2D eigenvalue weighted by Gasteiger charge is -2.23. The number of ether oxygens (including phenoxy) is 2. The number of methoxy groups -OCH3 is 1. The van der Waals surface area contributed by atoms with Crippen LogP contribution in [-0.4, -0.2) is 81.1 Å². The lowest BCUT2D eigenvalue weighted by atomic mass is 10.0. The molecule has 1 aliphatic rings. The minimum absolute atomic E-state index is 0.267. The van der Waals surface area contributed by atoms with Gasteiger partial charge in [-0.3, -0.25) is 19.2 Å². The first-order valence-electron chi connectivity index (χ1n) is 14.1. The Morgan fingerprint density at radius 2 is 1.95 bits per heavy atom. The fourth-order valence-electron chi connectivity index (χ4n) is 4.86. The Hall–Kier alpha value is -4.71. The molecule has 0 radical (unpaired) electrons. The van der Waals surface area contributed by atoms with Crippen molar-refractivity contribution < 1.29 is 19.1 Å². The summed E-state index contributed by atoms with van der Waals surface area (Å²) in [5.41, 5.74) is 2.11. The maximum Gasteiger partial charge on any atom is 0.255 e. The van der Waals surface area contributed by atoms with Gasteiger partial charge in [-0.25, -0.2) is 4.98 Å². The zero-order chi connectivity index (χ0) is 29.1. The van der Waals surface area contributed by atoms with Crippen molar-refractivity contribution in [2.45, 2.75) is 38.4 Å². The number of carbonyl (C=O) groups is 2. The number of hydrogen-bond donors (Lipinski definition) is 3. The summed E-state index contributed by atoms with van der Waals surface area (Å²) in [5, 5.41) is 14.6. The van der Waals surface area contributed by atoms with Crippen molar-refractivity contribution in [2.75, 3.05) is 33.4 Å². The minimum atomic E-state index is -0.798. The molecule has 2 aromatic heterocycles. The van der Waals surface area contributed by atoms with E-state index in [-0.39, 0.29) is 5.91 Å². The van der Waals surface area contributed by atoms with Crippen molar-refractivity contribution >= 4 is 11.8 Å². The molecule has 12 nitrogen and oxygen atoms in total. The number of nitrogens with one attached hydrogen (secondary N) is 3. The fourth-order valence-corrected chi connectivity index (χ4v) is 4.86. The standard InChI is InChI=1S/C30H36N8O4/c1-41-26-10-5-9-24-28(26)42-18-6-15-38-20-23(35-36-38)11-16-37(21-27-31-12-13-32-27)17-14-33-30(40)25(34-29(24)39)19-22-7-3-2-4-8-22/h2-5,7-10,12-13,20,25H,6,11,14-19,21H2,1H3,(H,31,32)(H,33,40)(H,34,39)/t25-/m0/s1. The molecule has 2 amide bonds. The first-order chi connectivity index (χ1) is 20.6. The van der Waals surface area contributed by atoms with Crippen molar-refractivity contribution in [1.29, 1.82) is 0 Å². The van der Waals surface area contributed by atoms with Crippen molar-refractivity contribution in [2.24, 2.45) is 0 Å². The maximum absolute atomic E-state index is 13.6. The Balaban J connectivity index is 1.39. The number of para-hydroxylation sites is 1. The zero-order valence-corrected chi connectivity index (χ0v) is 23.7. The van der Waals surface area contributed by atoms with Gasteiger partial charge in [0, 0.05) is 64.0 Å². The number of aromatic nitrogens is 5. The third-order valence-electron chi connectivity index (χ3n) is 7.05. The summed E-state index contributed by atoms with van der Waals surface area (Å²) in [6, 6.07) is 14.0. The number of benzene rings is 2. The van der Waals surface area contributed by atoms with E-state index in [0.717, 1.165) is 17.1 Å². The van der Waals surface area contributed by atoms with E-state index in [1.165, 1.54) is 7.11 Å². The number of imidazole rings is 1. The summed E-state index contributed by atoms with van der Waals surface area (Å²) >= 11 is 0. The highest BCUT2D eigenvalue weighted by Gasteiger charge is 2.25. The van der Waals surface area contributed by atoms with E-state index in [2.05, 4.69) is 35.8 Å². The summed E-state index contributed by atoms with van der Waals surface area (Å²) in [7, 11) is 1.53. The second-order valence-corrected chi connectivity index (χ2v) is 10.1. The number of fused-ring (bicyclic) bond motifs is 3. The molecule has 2 aromatic carbocycles. The summed E-state index contributed by atoms with van der Waals surface area (Å²) < 4.78 is 13.4. The SMILES string of the molecule is COc1cccc2c1OCCCn1cc(nn1)CCN(Cc1ncc[nH]1)CCNC(=O)[C@H](Cc1ccccc1)NC2=O. The van der Waals surface area contributed by atoms with Crippen LogP contribution in [0.15, 0.2) is 67.1 Å². The summed E-state index contributed by atoms with van der Waals surface area (Å²) in [6.45, 7) is 3.22. The molecule has 5 rings (SSSR count). The first kappa shape index (κ1) is 28.8. The number of carbonyl (C=O) groups excluding carboxylic acids is 2. The van der Waals surface area contributed by atoms with E-state index in [1.54, 1.807) is 35.3 Å². The van der Waals surface area contributed by atoms with Gasteiger partial charge in [-0.1, -0.05) is 41.6 Å². The van der Waals surface area contributed by atoms with Gasteiger partial charge in [0.05, 0.1) is 31.5 Å².